The van der Waals surface area contributed by atoms with Gasteiger partial charge in [-0.1, -0.05) is 182 Å². The summed E-state index contributed by atoms with van der Waals surface area (Å²) in [5.74, 6) is -0.369. The summed E-state index contributed by atoms with van der Waals surface area (Å²) >= 11 is 0. The van der Waals surface area contributed by atoms with Crippen molar-refractivity contribution in [3.8, 4) is 0 Å². The van der Waals surface area contributed by atoms with E-state index in [-0.39, 0.29) is 52.0 Å². The highest BCUT2D eigenvalue weighted by atomic mass is 16.7. The van der Waals surface area contributed by atoms with Crippen LogP contribution < -0.4 is 0 Å². The standard InChI is InChI=1S/C55H58O10/c1-57-33-32-49(60-36-44-24-12-4-13-25-44)51(48(56)40-58-34-42-20-8-2-9-21-42)65-55-54(63-39-47-30-18-7-19-31-47)53(62-38-46-28-16-6-17-29-46)52(61-37-45-26-14-5-15-27-45)50(64-55)41-59-35-43-22-10-3-11-23-43/h2-33,49-55H,34-41H2,1H3/b33-32+/t49-,50-,51-,52-,53+,54-,55-/m1/s1. The predicted molar refractivity (Wildman–Crippen MR) is 247 cm³/mol. The molecular formula is C55H58O10. The van der Waals surface area contributed by atoms with Crippen molar-refractivity contribution in [3.63, 3.8) is 0 Å². The van der Waals surface area contributed by atoms with Gasteiger partial charge in [0.1, 0.15) is 37.1 Å². The molecule has 0 spiro atoms. The van der Waals surface area contributed by atoms with E-state index in [4.69, 9.17) is 42.6 Å². The largest absolute Gasteiger partial charge is 0.505 e. The van der Waals surface area contributed by atoms with E-state index in [0.29, 0.717) is 6.61 Å². The molecule has 0 aromatic heterocycles. The Morgan fingerprint density at radius 2 is 0.908 bits per heavy atom. The summed E-state index contributed by atoms with van der Waals surface area (Å²) in [6.45, 7) is 1.28. The summed E-state index contributed by atoms with van der Waals surface area (Å²) in [7, 11) is 1.54. The van der Waals surface area contributed by atoms with E-state index in [1.54, 1.807) is 6.08 Å². The van der Waals surface area contributed by atoms with E-state index in [9.17, 15) is 4.79 Å². The molecule has 10 nitrogen and oxygen atoms in total. The summed E-state index contributed by atoms with van der Waals surface area (Å²) in [5, 5.41) is 0. The fourth-order valence-corrected chi connectivity index (χ4v) is 7.43. The molecule has 0 radical (unpaired) electrons. The van der Waals surface area contributed by atoms with Crippen molar-refractivity contribution in [2.75, 3.05) is 20.3 Å². The summed E-state index contributed by atoms with van der Waals surface area (Å²) in [5.41, 5.74) is 5.71. The highest BCUT2D eigenvalue weighted by Gasteiger charge is 2.51. The van der Waals surface area contributed by atoms with Crippen LogP contribution in [0.2, 0.25) is 0 Å². The first-order valence-electron chi connectivity index (χ1n) is 22.0. The fourth-order valence-electron chi connectivity index (χ4n) is 7.43. The van der Waals surface area contributed by atoms with Crippen LogP contribution >= 0.6 is 0 Å². The molecule has 1 saturated heterocycles. The second-order valence-electron chi connectivity index (χ2n) is 15.7. The summed E-state index contributed by atoms with van der Waals surface area (Å²) < 4.78 is 59.0. The van der Waals surface area contributed by atoms with Gasteiger partial charge in [0.25, 0.3) is 0 Å². The maximum absolute atomic E-state index is 14.7. The number of hydrogen-bond acceptors (Lipinski definition) is 10. The smallest absolute Gasteiger partial charge is 0.190 e. The van der Waals surface area contributed by atoms with Crippen molar-refractivity contribution in [1.82, 2.24) is 0 Å². The number of ether oxygens (including phenoxy) is 9. The van der Waals surface area contributed by atoms with Crippen LogP contribution in [-0.4, -0.2) is 69.0 Å². The lowest BCUT2D eigenvalue weighted by atomic mass is 9.97. The van der Waals surface area contributed by atoms with Gasteiger partial charge in [0, 0.05) is 0 Å². The molecule has 1 fully saturated rings. The molecular weight excluding hydrogens is 821 g/mol. The quantitative estimate of drug-likeness (QED) is 0.0490. The zero-order chi connectivity index (χ0) is 44.7. The molecule has 6 aromatic carbocycles. The Morgan fingerprint density at radius 1 is 0.508 bits per heavy atom. The average molecular weight is 879 g/mol. The van der Waals surface area contributed by atoms with E-state index in [1.807, 2.05) is 182 Å². The van der Waals surface area contributed by atoms with E-state index < -0.39 is 42.9 Å². The van der Waals surface area contributed by atoms with Crippen LogP contribution in [0, 0.1) is 0 Å². The number of ketones is 1. The van der Waals surface area contributed by atoms with Crippen LogP contribution in [0.25, 0.3) is 0 Å². The van der Waals surface area contributed by atoms with Crippen LogP contribution in [-0.2, 0) is 87.1 Å². The first-order valence-corrected chi connectivity index (χ1v) is 22.0. The molecule has 1 aliphatic rings. The second-order valence-corrected chi connectivity index (χ2v) is 15.7. The zero-order valence-electron chi connectivity index (χ0n) is 36.8. The van der Waals surface area contributed by atoms with Gasteiger partial charge < -0.3 is 42.6 Å². The van der Waals surface area contributed by atoms with Crippen LogP contribution in [0.15, 0.2) is 194 Å². The summed E-state index contributed by atoms with van der Waals surface area (Å²) in [6, 6.07) is 59.1. The molecule has 7 rings (SSSR count). The monoisotopic (exact) mass is 878 g/mol. The Balaban J connectivity index is 1.25. The molecule has 0 amide bonds. The lowest BCUT2D eigenvalue weighted by Crippen LogP contribution is -2.63. The first kappa shape index (κ1) is 47.2. The summed E-state index contributed by atoms with van der Waals surface area (Å²) in [6.07, 6.45) is -3.40. The number of hydrogen-bond donors (Lipinski definition) is 0. The van der Waals surface area contributed by atoms with E-state index >= 15 is 0 Å². The topological polar surface area (TPSA) is 100 Å². The average Bonchev–Trinajstić information content (AvgIpc) is 3.36. The maximum atomic E-state index is 14.7. The normalized spacial score (nSPS) is 19.4. The molecule has 6 aromatic rings. The van der Waals surface area contributed by atoms with Crippen LogP contribution in [0.5, 0.6) is 0 Å². The lowest BCUT2D eigenvalue weighted by Gasteiger charge is -2.46. The lowest BCUT2D eigenvalue weighted by molar-refractivity contribution is -0.337. The second kappa shape index (κ2) is 26.2. The van der Waals surface area contributed by atoms with Crippen LogP contribution in [0.4, 0.5) is 0 Å². The molecule has 1 aliphatic heterocycles. The highest BCUT2D eigenvalue weighted by molar-refractivity contribution is 5.85. The Labute approximate surface area is 382 Å². The number of benzene rings is 6. The van der Waals surface area contributed by atoms with E-state index in [2.05, 4.69) is 0 Å². The number of rotatable bonds is 26. The maximum Gasteiger partial charge on any atom is 0.190 e. The predicted octanol–water partition coefficient (Wildman–Crippen LogP) is 9.60. The minimum Gasteiger partial charge on any atom is -0.505 e. The van der Waals surface area contributed by atoms with Crippen molar-refractivity contribution < 1.29 is 47.4 Å². The third-order valence-corrected chi connectivity index (χ3v) is 10.8. The first-order chi connectivity index (χ1) is 32.1. The zero-order valence-corrected chi connectivity index (χ0v) is 36.8. The van der Waals surface area contributed by atoms with Gasteiger partial charge in [0.05, 0.1) is 59.6 Å². The Hall–Kier alpha value is -5.79. The third kappa shape index (κ3) is 15.1. The number of carbonyl (C=O) groups excluding carboxylic acids is 1. The van der Waals surface area contributed by atoms with Crippen LogP contribution in [0.3, 0.4) is 0 Å². The molecule has 0 N–H and O–H groups in total. The SMILES string of the molecule is CO/C=C/[C@@H](OCc1ccccc1)[C@H](O[C@H]1O[C@H](COCc2ccccc2)[C@@H](OCc2ccccc2)[C@H](OCc2ccccc2)[C@H]1OCc1ccccc1)C(=O)COCc1ccccc1. The van der Waals surface area contributed by atoms with E-state index in [1.165, 1.54) is 13.4 Å². The van der Waals surface area contributed by atoms with Crippen molar-refractivity contribution in [1.29, 1.82) is 0 Å². The third-order valence-electron chi connectivity index (χ3n) is 10.8. The number of carbonyl (C=O) groups is 1. The number of methoxy groups -OCH3 is 1. The molecule has 7 atom stereocenters. The molecule has 1 heterocycles. The van der Waals surface area contributed by atoms with Crippen LogP contribution in [0.1, 0.15) is 33.4 Å². The van der Waals surface area contributed by atoms with Gasteiger partial charge in [0.15, 0.2) is 18.2 Å². The Kier molecular flexibility index (Phi) is 19.0. The van der Waals surface area contributed by atoms with Gasteiger partial charge in [-0.05, 0) is 39.5 Å². The van der Waals surface area contributed by atoms with Gasteiger partial charge in [-0.25, -0.2) is 0 Å². The van der Waals surface area contributed by atoms with Gasteiger partial charge in [-0.15, -0.1) is 0 Å². The fraction of sp³-hybridized carbons (Fsp3) is 0.291. The molecule has 65 heavy (non-hydrogen) atoms. The molecule has 338 valence electrons. The van der Waals surface area contributed by atoms with E-state index in [0.717, 1.165) is 33.4 Å². The minimum absolute atomic E-state index is 0.112. The van der Waals surface area contributed by atoms with Crippen molar-refractivity contribution in [2.45, 2.75) is 82.6 Å². The van der Waals surface area contributed by atoms with Crippen molar-refractivity contribution in [3.05, 3.63) is 228 Å². The van der Waals surface area contributed by atoms with Gasteiger partial charge >= 0.3 is 0 Å². The molecule has 0 unspecified atom stereocenters. The Morgan fingerprint density at radius 3 is 1.37 bits per heavy atom. The summed E-state index contributed by atoms with van der Waals surface area (Å²) in [4.78, 5) is 14.7. The Bertz CT molecular complexity index is 2230. The van der Waals surface area contributed by atoms with Crippen molar-refractivity contribution in [2.24, 2.45) is 0 Å². The molecule has 0 bridgehead atoms. The molecule has 0 aliphatic carbocycles. The highest BCUT2D eigenvalue weighted by Crippen LogP contribution is 2.33. The van der Waals surface area contributed by atoms with Gasteiger partial charge in [0.2, 0.25) is 0 Å². The number of Topliss-reactive ketones (excluding diaryl/α,β-unsaturated/α-hetero) is 1. The van der Waals surface area contributed by atoms with Gasteiger partial charge in [-0.3, -0.25) is 4.79 Å². The molecule has 0 saturated carbocycles. The molecule has 10 heteroatoms. The van der Waals surface area contributed by atoms with Crippen molar-refractivity contribution >= 4 is 5.78 Å². The minimum atomic E-state index is -1.25. The van der Waals surface area contributed by atoms with Gasteiger partial charge in [-0.2, -0.15) is 0 Å².